The van der Waals surface area contributed by atoms with Gasteiger partial charge in [0.15, 0.2) is 0 Å². The van der Waals surface area contributed by atoms with E-state index in [9.17, 15) is 19.2 Å². The molecule has 95 heavy (non-hydrogen) atoms. The number of carbonyl (C=O) groups is 4. The fourth-order valence-electron chi connectivity index (χ4n) is 13.1. The van der Waals surface area contributed by atoms with E-state index in [0.29, 0.717) is 30.7 Å². The lowest BCUT2D eigenvalue weighted by Crippen LogP contribution is -2.39. The minimum absolute atomic E-state index is 0.0747. The summed E-state index contributed by atoms with van der Waals surface area (Å²) in [6.45, 7) is 20.4. The van der Waals surface area contributed by atoms with Crippen molar-refractivity contribution in [3.8, 4) is 33.4 Å². The first-order valence-corrected chi connectivity index (χ1v) is 33.6. The lowest BCUT2D eigenvalue weighted by molar-refractivity contribution is -0.157. The Hall–Kier alpha value is -8.93. The molecule has 3 aromatic heterocycles. The molecule has 9 aromatic rings. The number of hydrogen-bond acceptors (Lipinski definition) is 14. The number of ether oxygens (including phenoxy) is 2. The zero-order valence-corrected chi connectivity index (χ0v) is 56.2. The molecule has 3 saturated heterocycles. The molecule has 3 aliphatic rings. The van der Waals surface area contributed by atoms with Gasteiger partial charge in [-0.25, -0.2) is 0 Å². The van der Waals surface area contributed by atoms with Crippen LogP contribution in [0.25, 0.3) is 65.7 Å². The second-order valence-electron chi connectivity index (χ2n) is 28.2. The maximum atomic E-state index is 12.2. The molecule has 6 aromatic carbocycles. The molecule has 0 saturated carbocycles. The van der Waals surface area contributed by atoms with Crippen LogP contribution in [0.2, 0.25) is 0 Å². The van der Waals surface area contributed by atoms with Gasteiger partial charge in [-0.1, -0.05) is 97.1 Å². The number of nitrogens with zero attached hydrogens (tertiary/aromatic N) is 6. The van der Waals surface area contributed by atoms with Crippen LogP contribution in [0.4, 0.5) is 5.69 Å². The van der Waals surface area contributed by atoms with Gasteiger partial charge >= 0.3 is 11.9 Å². The molecule has 0 spiro atoms. The van der Waals surface area contributed by atoms with E-state index in [-0.39, 0.29) is 36.6 Å². The number of fused-ring (bicyclic) bond motifs is 3. The van der Waals surface area contributed by atoms with Gasteiger partial charge in [0.25, 0.3) is 0 Å². The Balaban J connectivity index is 0.000000156. The van der Waals surface area contributed by atoms with Gasteiger partial charge in [0.05, 0.1) is 12.8 Å². The van der Waals surface area contributed by atoms with Crippen molar-refractivity contribution in [1.82, 2.24) is 29.7 Å². The van der Waals surface area contributed by atoms with E-state index in [4.69, 9.17) is 32.4 Å². The second kappa shape index (κ2) is 31.5. The smallest absolute Gasteiger partial charge is 0.306 e. The van der Waals surface area contributed by atoms with Gasteiger partial charge in [-0.05, 0) is 222 Å². The highest BCUT2D eigenvalue weighted by molar-refractivity contribution is 5.98. The molecule has 3 aliphatic heterocycles. The monoisotopic (exact) mass is 1280 g/mol. The highest BCUT2D eigenvalue weighted by Crippen LogP contribution is 2.34. The van der Waals surface area contributed by atoms with Crippen molar-refractivity contribution < 1.29 is 28.7 Å². The van der Waals surface area contributed by atoms with E-state index in [1.807, 2.05) is 152 Å². The maximum absolute atomic E-state index is 12.2. The number of amides is 2. The molecule has 16 nitrogen and oxygen atoms in total. The third-order valence-electron chi connectivity index (χ3n) is 18.0. The molecule has 2 amide bonds. The summed E-state index contributed by atoms with van der Waals surface area (Å²) < 4.78 is 11.0. The molecule has 6 heterocycles. The van der Waals surface area contributed by atoms with Crippen LogP contribution in [0.15, 0.2) is 165 Å². The summed E-state index contributed by atoms with van der Waals surface area (Å²) >= 11 is 0. The van der Waals surface area contributed by atoms with E-state index in [1.54, 1.807) is 0 Å². The summed E-state index contributed by atoms with van der Waals surface area (Å²) in [5, 5.41) is 6.94. The Labute approximate surface area is 559 Å². The largest absolute Gasteiger partial charge is 0.460 e. The Morgan fingerprint density at radius 1 is 0.421 bits per heavy atom. The SMILES string of the molecule is CC(C)(C)OC(=O)CC1CCN(Cc2ccc3cncc(-c4ccc(CC(N)=O)cc4)c3c2)CC1.CC(C)(C)OC(=O)CC1CCN(Cc2ccc3cncc(-c4ccc(N)cc4)c3c2)CC1.NC(=O)Cc1ccc(-c2cncc3ccc(CN4CCC(N)CC4)cc23)cc1. The summed E-state index contributed by atoms with van der Waals surface area (Å²) in [6.07, 6.45) is 19.2. The summed E-state index contributed by atoms with van der Waals surface area (Å²) in [5.41, 5.74) is 34.7. The fourth-order valence-corrected chi connectivity index (χ4v) is 13.1. The zero-order chi connectivity index (χ0) is 67.2. The van der Waals surface area contributed by atoms with E-state index in [2.05, 4.69) is 84.2 Å². The number of benzene rings is 6. The fraction of sp³-hybridized carbons (Fsp3) is 0.380. The van der Waals surface area contributed by atoms with Gasteiger partial charge in [0.1, 0.15) is 11.2 Å². The summed E-state index contributed by atoms with van der Waals surface area (Å²) in [4.78, 5) is 67.3. The average molecular weight is 1280 g/mol. The maximum Gasteiger partial charge on any atom is 0.306 e. The molecule has 0 aliphatic carbocycles. The quantitative estimate of drug-likeness (QED) is 0.0490. The van der Waals surface area contributed by atoms with Gasteiger partial charge in [-0.3, -0.25) is 48.8 Å². The van der Waals surface area contributed by atoms with Crippen LogP contribution in [-0.2, 0) is 61.1 Å². The van der Waals surface area contributed by atoms with Crippen LogP contribution in [0.1, 0.15) is 121 Å². The van der Waals surface area contributed by atoms with Gasteiger partial charge < -0.3 is 32.4 Å². The number of likely N-dealkylation sites (tertiary alicyclic amines) is 3. The van der Waals surface area contributed by atoms with Crippen molar-refractivity contribution in [2.24, 2.45) is 29.0 Å². The van der Waals surface area contributed by atoms with Crippen molar-refractivity contribution >= 4 is 61.8 Å². The number of nitrogens with two attached hydrogens (primary N) is 4. The number of carbonyl (C=O) groups excluding carboxylic acids is 4. The zero-order valence-electron chi connectivity index (χ0n) is 56.2. The number of nitrogen functional groups attached to an aromatic ring is 1. The number of aromatic nitrogens is 3. The number of primary amides is 2. The molecule has 16 heteroatoms. The number of anilines is 1. The van der Waals surface area contributed by atoms with Crippen molar-refractivity contribution in [3.05, 3.63) is 192 Å². The number of hydrogen-bond donors (Lipinski definition) is 4. The number of piperidine rings is 3. The number of esters is 2. The highest BCUT2D eigenvalue weighted by atomic mass is 16.6. The van der Waals surface area contributed by atoms with E-state index in [0.717, 1.165) is 164 Å². The van der Waals surface area contributed by atoms with Gasteiger partial charge in [0.2, 0.25) is 11.8 Å². The molecule has 0 atom stereocenters. The minimum Gasteiger partial charge on any atom is -0.460 e. The van der Waals surface area contributed by atoms with E-state index >= 15 is 0 Å². The minimum atomic E-state index is -0.423. The standard InChI is InChI=1S/C29H35N3O3.C27H33N3O2.C23H26N4O/c1-29(2,3)35-28(34)16-21-10-12-32(13-11-21)19-22-6-9-24-17-31-18-26(25(24)14-22)23-7-4-20(5-8-23)15-27(30)33;1-27(2,3)32-26(31)15-19-10-12-30(13-11-19)18-20-4-5-22-16-29-17-25(24(22)14-20)21-6-8-23(28)9-7-21;24-20-7-9-27(10-8-20)15-17-3-6-19-13-26-14-22(21(19)11-17)18-4-1-16(2-5-18)12-23(25)28/h4-9,14,17-18,21H,10-13,15-16,19H2,1-3H3,(H2,30,33);4-9,14,16-17,19H,10-13,15,18,28H2,1-3H3;1-6,11,13-14,20H,7-10,12,15,24H2,(H2,25,28). The first-order valence-electron chi connectivity index (χ1n) is 33.6. The van der Waals surface area contributed by atoms with Crippen LogP contribution < -0.4 is 22.9 Å². The van der Waals surface area contributed by atoms with E-state index < -0.39 is 11.2 Å². The van der Waals surface area contributed by atoms with E-state index in [1.165, 1.54) is 32.8 Å². The Kier molecular flexibility index (Phi) is 22.9. The molecule has 12 rings (SSSR count). The molecule has 8 N–H and O–H groups in total. The van der Waals surface area contributed by atoms with Crippen molar-refractivity contribution in [2.45, 2.75) is 143 Å². The molecule has 496 valence electrons. The van der Waals surface area contributed by atoms with Crippen LogP contribution in [0, 0.1) is 11.8 Å². The van der Waals surface area contributed by atoms with Crippen LogP contribution in [0.5, 0.6) is 0 Å². The summed E-state index contributed by atoms with van der Waals surface area (Å²) in [7, 11) is 0. The van der Waals surface area contributed by atoms with Crippen LogP contribution >= 0.6 is 0 Å². The number of rotatable bonds is 17. The lowest BCUT2D eigenvalue weighted by Gasteiger charge is -2.32. The summed E-state index contributed by atoms with van der Waals surface area (Å²) in [6, 6.07) is 44.1. The predicted molar refractivity (Wildman–Crippen MR) is 381 cm³/mol. The molecule has 0 unspecified atom stereocenters. The molecule has 0 radical (unpaired) electrons. The number of pyridine rings is 3. The third kappa shape index (κ3) is 20.3. The van der Waals surface area contributed by atoms with Crippen molar-refractivity contribution in [2.75, 3.05) is 45.0 Å². The molecular formula is C79H94N10O6. The second-order valence-corrected chi connectivity index (χ2v) is 28.2. The average Bonchev–Trinajstić information content (AvgIpc) is 0.819. The molecular weight excluding hydrogens is 1180 g/mol. The van der Waals surface area contributed by atoms with Gasteiger partial charge in [0, 0.05) is 114 Å². The first kappa shape index (κ1) is 68.9. The van der Waals surface area contributed by atoms with Crippen LogP contribution in [0.3, 0.4) is 0 Å². The van der Waals surface area contributed by atoms with Crippen LogP contribution in [-0.4, -0.2) is 110 Å². The lowest BCUT2D eigenvalue weighted by atomic mass is 9.93. The first-order chi connectivity index (χ1) is 45.5. The molecule has 0 bridgehead atoms. The third-order valence-corrected chi connectivity index (χ3v) is 18.0. The van der Waals surface area contributed by atoms with Crippen molar-refractivity contribution in [3.63, 3.8) is 0 Å². The predicted octanol–water partition coefficient (Wildman–Crippen LogP) is 13.2. The topological polar surface area (TPSA) is 239 Å². The summed E-state index contributed by atoms with van der Waals surface area (Å²) in [5.74, 6) is 0.00311. The van der Waals surface area contributed by atoms with Gasteiger partial charge in [-0.15, -0.1) is 0 Å². The normalized spacial score (nSPS) is 15.6. The Morgan fingerprint density at radius 2 is 0.716 bits per heavy atom. The molecule has 3 fully saturated rings. The Bertz CT molecular complexity index is 4080. The Morgan fingerprint density at radius 3 is 1.02 bits per heavy atom. The highest BCUT2D eigenvalue weighted by Gasteiger charge is 2.27. The van der Waals surface area contributed by atoms with Crippen molar-refractivity contribution in [1.29, 1.82) is 0 Å². The van der Waals surface area contributed by atoms with Gasteiger partial charge in [-0.2, -0.15) is 0 Å².